The molecule has 0 spiro atoms. The Balaban J connectivity index is 2.57. The van der Waals surface area contributed by atoms with Crippen LogP contribution in [0.1, 0.15) is 48.9 Å². The summed E-state index contributed by atoms with van der Waals surface area (Å²) in [4.78, 5) is 4.12. The van der Waals surface area contributed by atoms with Gasteiger partial charge in [0.25, 0.3) is 0 Å². The summed E-state index contributed by atoms with van der Waals surface area (Å²) in [6.45, 7) is 5.74. The minimum Gasteiger partial charge on any atom is -0.508 e. The second kappa shape index (κ2) is 9.76. The average Bonchev–Trinajstić information content (AvgIpc) is 2.63. The van der Waals surface area contributed by atoms with E-state index in [4.69, 9.17) is 0 Å². The fourth-order valence-corrected chi connectivity index (χ4v) is 3.66. The van der Waals surface area contributed by atoms with E-state index in [9.17, 15) is 10.2 Å². The summed E-state index contributed by atoms with van der Waals surface area (Å²) in [6.07, 6.45) is 1.80. The van der Waals surface area contributed by atoms with Gasteiger partial charge in [-0.3, -0.25) is 0 Å². The van der Waals surface area contributed by atoms with Crippen LogP contribution in [0.25, 0.3) is 11.1 Å². The van der Waals surface area contributed by atoms with Crippen molar-refractivity contribution in [3.63, 3.8) is 0 Å². The van der Waals surface area contributed by atoms with Crippen molar-refractivity contribution in [2.45, 2.75) is 39.8 Å². The van der Waals surface area contributed by atoms with Gasteiger partial charge in [-0.25, -0.2) is 0 Å². The molecule has 2 aromatic carbocycles. The van der Waals surface area contributed by atoms with Gasteiger partial charge in [0, 0.05) is 24.2 Å². The van der Waals surface area contributed by atoms with Crippen molar-refractivity contribution in [2.24, 2.45) is 0 Å². The lowest BCUT2D eigenvalue weighted by atomic mass is 9.89. The van der Waals surface area contributed by atoms with Crippen molar-refractivity contribution in [1.82, 2.24) is 9.80 Å². The third-order valence-electron chi connectivity index (χ3n) is 4.90. The first-order chi connectivity index (χ1) is 13.3. The molecule has 0 amide bonds. The highest BCUT2D eigenvalue weighted by atomic mass is 16.3. The molecule has 2 N–H and O–H groups in total. The van der Waals surface area contributed by atoms with Crippen LogP contribution in [0.2, 0.25) is 0 Å². The minimum atomic E-state index is 0.337. The first kappa shape index (κ1) is 22.0. The molecular weight excluding hydrogens is 348 g/mol. The van der Waals surface area contributed by atoms with Crippen LogP contribution in [-0.4, -0.2) is 48.2 Å². The van der Waals surface area contributed by atoms with Gasteiger partial charge in [0.2, 0.25) is 0 Å². The summed E-state index contributed by atoms with van der Waals surface area (Å²) in [6, 6.07) is 11.8. The smallest absolute Gasteiger partial charge is 0.120 e. The quantitative estimate of drug-likeness (QED) is 0.634. The van der Waals surface area contributed by atoms with E-state index in [1.807, 2.05) is 40.3 Å². The Labute approximate surface area is 169 Å². The third kappa shape index (κ3) is 5.37. The van der Waals surface area contributed by atoms with E-state index in [1.165, 1.54) is 11.1 Å². The van der Waals surface area contributed by atoms with Crippen LogP contribution in [0.15, 0.2) is 36.4 Å². The van der Waals surface area contributed by atoms with E-state index in [-0.39, 0.29) is 0 Å². The summed E-state index contributed by atoms with van der Waals surface area (Å²) >= 11 is 0. The lowest BCUT2D eigenvalue weighted by Crippen LogP contribution is -2.11. The first-order valence-corrected chi connectivity index (χ1v) is 9.92. The molecule has 0 heterocycles. The van der Waals surface area contributed by atoms with Gasteiger partial charge >= 0.3 is 0 Å². The van der Waals surface area contributed by atoms with E-state index >= 15 is 0 Å². The number of hydrogen-bond donors (Lipinski definition) is 2. The Morgan fingerprint density at radius 1 is 0.679 bits per heavy atom. The molecule has 152 valence electrons. The van der Waals surface area contributed by atoms with Gasteiger partial charge in [-0.15, -0.1) is 0 Å². The Bertz CT molecular complexity index is 769. The summed E-state index contributed by atoms with van der Waals surface area (Å²) < 4.78 is 0. The molecule has 0 bridgehead atoms. The van der Waals surface area contributed by atoms with Crippen LogP contribution >= 0.6 is 0 Å². The van der Waals surface area contributed by atoms with E-state index in [2.05, 4.69) is 35.8 Å². The Hall–Kier alpha value is -2.30. The molecule has 0 unspecified atom stereocenters. The lowest BCUT2D eigenvalue weighted by Gasteiger charge is -2.18. The number of phenols is 2. The predicted octanol–water partition coefficient (Wildman–Crippen LogP) is 4.95. The fraction of sp³-hybridized carbons (Fsp3) is 0.417. The molecule has 0 aliphatic carbocycles. The fourth-order valence-electron chi connectivity index (χ4n) is 3.66. The van der Waals surface area contributed by atoms with Crippen molar-refractivity contribution in [1.29, 1.82) is 0 Å². The van der Waals surface area contributed by atoms with Crippen molar-refractivity contribution in [2.75, 3.05) is 28.2 Å². The molecule has 0 radical (unpaired) electrons. The number of rotatable bonds is 8. The Morgan fingerprint density at radius 2 is 1.04 bits per heavy atom. The van der Waals surface area contributed by atoms with E-state index < -0.39 is 0 Å². The van der Waals surface area contributed by atoms with Crippen LogP contribution in [0, 0.1) is 0 Å². The molecule has 28 heavy (non-hydrogen) atoms. The predicted molar refractivity (Wildman–Crippen MR) is 118 cm³/mol. The Kier molecular flexibility index (Phi) is 7.67. The molecule has 0 aliphatic heterocycles. The normalized spacial score (nSPS) is 12.6. The molecule has 0 atom stereocenters. The van der Waals surface area contributed by atoms with Crippen molar-refractivity contribution >= 4 is 11.1 Å². The van der Waals surface area contributed by atoms with Gasteiger partial charge < -0.3 is 20.0 Å². The molecule has 0 fully saturated rings. The van der Waals surface area contributed by atoms with Crippen LogP contribution in [0.5, 0.6) is 11.5 Å². The molecule has 4 heteroatoms. The standard InChI is InChI=1S/C24H34N2O2/c1-7-21(17-9-11-23(27)19(13-17)15-25(3)4)22(8-2)18-10-12-24(28)20(14-18)16-26(5)6/h9-14,27-28H,7-8,15-16H2,1-6H3/b22-21-. The number of benzene rings is 2. The largest absolute Gasteiger partial charge is 0.508 e. The Morgan fingerprint density at radius 3 is 1.32 bits per heavy atom. The van der Waals surface area contributed by atoms with Crippen molar-refractivity contribution in [3.8, 4) is 11.5 Å². The summed E-state index contributed by atoms with van der Waals surface area (Å²) in [5.74, 6) is 0.674. The monoisotopic (exact) mass is 382 g/mol. The zero-order valence-corrected chi connectivity index (χ0v) is 18.1. The van der Waals surface area contributed by atoms with Gasteiger partial charge in [0.1, 0.15) is 11.5 Å². The highest BCUT2D eigenvalue weighted by molar-refractivity contribution is 5.91. The molecule has 2 rings (SSSR count). The number of allylic oxidation sites excluding steroid dienone is 2. The van der Waals surface area contributed by atoms with Gasteiger partial charge in [-0.1, -0.05) is 26.0 Å². The van der Waals surface area contributed by atoms with E-state index in [1.54, 1.807) is 12.1 Å². The molecule has 4 nitrogen and oxygen atoms in total. The van der Waals surface area contributed by atoms with Gasteiger partial charge in [0.05, 0.1) is 0 Å². The van der Waals surface area contributed by atoms with Gasteiger partial charge in [0.15, 0.2) is 0 Å². The van der Waals surface area contributed by atoms with Crippen LogP contribution in [0.3, 0.4) is 0 Å². The van der Waals surface area contributed by atoms with Crippen molar-refractivity contribution < 1.29 is 10.2 Å². The van der Waals surface area contributed by atoms with E-state index in [0.717, 1.165) is 35.1 Å². The maximum absolute atomic E-state index is 10.2. The SMILES string of the molecule is CC/C(=C(\CC)c1ccc(O)c(CN(C)C)c1)c1ccc(O)c(CN(C)C)c1. The number of aromatic hydroxyl groups is 2. The minimum absolute atomic E-state index is 0.337. The lowest BCUT2D eigenvalue weighted by molar-refractivity contribution is 0.386. The number of nitrogens with zero attached hydrogens (tertiary/aromatic N) is 2. The average molecular weight is 383 g/mol. The zero-order valence-electron chi connectivity index (χ0n) is 18.1. The second-order valence-corrected chi connectivity index (χ2v) is 7.83. The maximum Gasteiger partial charge on any atom is 0.120 e. The second-order valence-electron chi connectivity index (χ2n) is 7.83. The first-order valence-electron chi connectivity index (χ1n) is 9.92. The van der Waals surface area contributed by atoms with Crippen molar-refractivity contribution in [3.05, 3.63) is 58.7 Å². The van der Waals surface area contributed by atoms with Crippen LogP contribution in [-0.2, 0) is 13.1 Å². The highest BCUT2D eigenvalue weighted by Crippen LogP contribution is 2.35. The van der Waals surface area contributed by atoms with Crippen LogP contribution < -0.4 is 0 Å². The van der Waals surface area contributed by atoms with Gasteiger partial charge in [-0.2, -0.15) is 0 Å². The molecule has 0 aromatic heterocycles. The molecule has 0 saturated heterocycles. The number of hydrogen-bond acceptors (Lipinski definition) is 4. The molecule has 0 saturated carbocycles. The number of phenolic OH excluding ortho intramolecular Hbond substituents is 2. The maximum atomic E-state index is 10.2. The van der Waals surface area contributed by atoms with E-state index in [0.29, 0.717) is 24.6 Å². The third-order valence-corrected chi connectivity index (χ3v) is 4.90. The topological polar surface area (TPSA) is 46.9 Å². The molecular formula is C24H34N2O2. The summed E-state index contributed by atoms with van der Waals surface area (Å²) in [5, 5.41) is 20.5. The zero-order chi connectivity index (χ0) is 20.8. The highest BCUT2D eigenvalue weighted by Gasteiger charge is 2.13. The summed E-state index contributed by atoms with van der Waals surface area (Å²) in [7, 11) is 8.01. The molecule has 2 aromatic rings. The molecule has 0 aliphatic rings. The van der Waals surface area contributed by atoms with Crippen LogP contribution in [0.4, 0.5) is 0 Å². The van der Waals surface area contributed by atoms with Gasteiger partial charge in [-0.05, 0) is 87.6 Å². The summed E-state index contributed by atoms with van der Waals surface area (Å²) in [5.41, 5.74) is 6.73.